The summed E-state index contributed by atoms with van der Waals surface area (Å²) in [4.78, 5) is 40.8. The van der Waals surface area contributed by atoms with Crippen LogP contribution in [0.5, 0.6) is 0 Å². The van der Waals surface area contributed by atoms with E-state index in [0.717, 1.165) is 25.7 Å². The zero-order chi connectivity index (χ0) is 17.1. The van der Waals surface area contributed by atoms with E-state index in [-0.39, 0.29) is 29.6 Å². The number of hydrogen-bond acceptors (Lipinski definition) is 4. The zero-order valence-electron chi connectivity index (χ0n) is 14.5. The second-order valence-electron chi connectivity index (χ2n) is 7.26. The first kappa shape index (κ1) is 17.2. The number of ether oxygens (including phenoxy) is 1. The number of hydrogen-bond donors (Lipinski definition) is 0. The number of carbonyl (C=O) groups excluding carboxylic acids is 3. The van der Waals surface area contributed by atoms with Crippen LogP contribution >= 0.6 is 0 Å². The van der Waals surface area contributed by atoms with Crippen LogP contribution in [-0.2, 0) is 19.1 Å². The SMILES string of the molecule is CCOC(=O)C1CCCN(C(=O)C2CC(=O)N(C3CCCC3)C2)C1. The van der Waals surface area contributed by atoms with E-state index >= 15 is 0 Å². The monoisotopic (exact) mass is 336 g/mol. The summed E-state index contributed by atoms with van der Waals surface area (Å²) in [6.07, 6.45) is 6.43. The molecule has 0 aromatic heterocycles. The standard InChI is InChI=1S/C18H28N2O4/c1-2-24-18(23)13-6-5-9-19(11-13)17(22)14-10-16(21)20(12-14)15-7-3-4-8-15/h13-15H,2-12H2,1H3. The molecule has 0 aromatic carbocycles. The van der Waals surface area contributed by atoms with E-state index in [1.54, 1.807) is 11.8 Å². The summed E-state index contributed by atoms with van der Waals surface area (Å²) in [7, 11) is 0. The molecule has 134 valence electrons. The Morgan fingerprint density at radius 3 is 2.54 bits per heavy atom. The topological polar surface area (TPSA) is 66.9 Å². The molecule has 0 N–H and O–H groups in total. The van der Waals surface area contributed by atoms with E-state index < -0.39 is 0 Å². The van der Waals surface area contributed by atoms with E-state index in [0.29, 0.717) is 38.7 Å². The molecule has 1 saturated carbocycles. The fraction of sp³-hybridized carbons (Fsp3) is 0.833. The van der Waals surface area contributed by atoms with E-state index in [4.69, 9.17) is 4.74 Å². The van der Waals surface area contributed by atoms with E-state index in [1.807, 2.05) is 4.90 Å². The number of rotatable bonds is 4. The summed E-state index contributed by atoms with van der Waals surface area (Å²) < 4.78 is 5.10. The Morgan fingerprint density at radius 2 is 1.83 bits per heavy atom. The Kier molecular flexibility index (Phi) is 5.41. The molecule has 2 aliphatic heterocycles. The first-order chi connectivity index (χ1) is 11.6. The zero-order valence-corrected chi connectivity index (χ0v) is 14.5. The van der Waals surface area contributed by atoms with Gasteiger partial charge in [-0.3, -0.25) is 14.4 Å². The Bertz CT molecular complexity index is 501. The maximum absolute atomic E-state index is 12.8. The van der Waals surface area contributed by atoms with Gasteiger partial charge in [0.1, 0.15) is 0 Å². The minimum atomic E-state index is -0.237. The predicted octanol–water partition coefficient (Wildman–Crippen LogP) is 1.58. The average molecular weight is 336 g/mol. The van der Waals surface area contributed by atoms with Crippen LogP contribution in [0.15, 0.2) is 0 Å². The Balaban J connectivity index is 1.57. The van der Waals surface area contributed by atoms with Crippen molar-refractivity contribution in [2.24, 2.45) is 11.8 Å². The van der Waals surface area contributed by atoms with Crippen molar-refractivity contribution in [3.8, 4) is 0 Å². The second-order valence-corrected chi connectivity index (χ2v) is 7.26. The summed E-state index contributed by atoms with van der Waals surface area (Å²) in [5.74, 6) is -0.494. The van der Waals surface area contributed by atoms with Crippen molar-refractivity contribution in [2.75, 3.05) is 26.2 Å². The van der Waals surface area contributed by atoms with E-state index in [2.05, 4.69) is 0 Å². The highest BCUT2D eigenvalue weighted by atomic mass is 16.5. The van der Waals surface area contributed by atoms with Crippen LogP contribution in [0.3, 0.4) is 0 Å². The lowest BCUT2D eigenvalue weighted by molar-refractivity contribution is -0.152. The van der Waals surface area contributed by atoms with Gasteiger partial charge in [0.05, 0.1) is 18.4 Å². The van der Waals surface area contributed by atoms with Crippen molar-refractivity contribution in [2.45, 2.75) is 57.9 Å². The van der Waals surface area contributed by atoms with Crippen LogP contribution in [0.2, 0.25) is 0 Å². The molecule has 0 spiro atoms. The minimum absolute atomic E-state index is 0.0397. The smallest absolute Gasteiger partial charge is 0.310 e. The molecule has 3 rings (SSSR count). The summed E-state index contributed by atoms with van der Waals surface area (Å²) in [6.45, 7) is 3.85. The van der Waals surface area contributed by atoms with Gasteiger partial charge in [-0.15, -0.1) is 0 Å². The van der Waals surface area contributed by atoms with E-state index in [9.17, 15) is 14.4 Å². The maximum atomic E-state index is 12.8. The number of esters is 1. The minimum Gasteiger partial charge on any atom is -0.466 e. The number of amides is 2. The molecule has 6 nitrogen and oxygen atoms in total. The van der Waals surface area contributed by atoms with Gasteiger partial charge in [0, 0.05) is 32.1 Å². The third kappa shape index (κ3) is 3.57. The lowest BCUT2D eigenvalue weighted by Crippen LogP contribution is -2.46. The molecule has 2 saturated heterocycles. The fourth-order valence-corrected chi connectivity index (χ4v) is 4.35. The van der Waals surface area contributed by atoms with Crippen LogP contribution in [0.4, 0.5) is 0 Å². The molecule has 3 fully saturated rings. The third-order valence-corrected chi connectivity index (χ3v) is 5.63. The Hall–Kier alpha value is -1.59. The molecule has 6 heteroatoms. The average Bonchev–Trinajstić information content (AvgIpc) is 3.24. The number of carbonyl (C=O) groups is 3. The highest BCUT2D eigenvalue weighted by molar-refractivity contribution is 5.89. The molecule has 3 aliphatic rings. The molecule has 24 heavy (non-hydrogen) atoms. The van der Waals surface area contributed by atoms with Gasteiger partial charge in [0.15, 0.2) is 0 Å². The molecule has 2 atom stereocenters. The first-order valence-electron chi connectivity index (χ1n) is 9.35. The number of piperidine rings is 1. The molecule has 0 aromatic rings. The third-order valence-electron chi connectivity index (χ3n) is 5.63. The lowest BCUT2D eigenvalue weighted by atomic mass is 9.96. The van der Waals surface area contributed by atoms with Gasteiger partial charge in [-0.2, -0.15) is 0 Å². The van der Waals surface area contributed by atoms with Crippen molar-refractivity contribution in [3.05, 3.63) is 0 Å². The van der Waals surface area contributed by atoms with Gasteiger partial charge in [-0.25, -0.2) is 0 Å². The van der Waals surface area contributed by atoms with Crippen LogP contribution in [-0.4, -0.2) is 59.9 Å². The molecule has 0 bridgehead atoms. The Labute approximate surface area is 143 Å². The fourth-order valence-electron chi connectivity index (χ4n) is 4.35. The molecule has 1 aliphatic carbocycles. The van der Waals surface area contributed by atoms with Crippen LogP contribution in [0, 0.1) is 11.8 Å². The van der Waals surface area contributed by atoms with Crippen molar-refractivity contribution in [3.63, 3.8) is 0 Å². The predicted molar refractivity (Wildman–Crippen MR) is 88.0 cm³/mol. The summed E-state index contributed by atoms with van der Waals surface area (Å²) >= 11 is 0. The van der Waals surface area contributed by atoms with Crippen molar-refractivity contribution in [1.29, 1.82) is 0 Å². The van der Waals surface area contributed by atoms with Gasteiger partial charge >= 0.3 is 5.97 Å². The van der Waals surface area contributed by atoms with Gasteiger partial charge < -0.3 is 14.5 Å². The lowest BCUT2D eigenvalue weighted by Gasteiger charge is -2.33. The molecule has 2 heterocycles. The summed E-state index contributed by atoms with van der Waals surface area (Å²) in [5.41, 5.74) is 0. The van der Waals surface area contributed by atoms with Crippen molar-refractivity contribution >= 4 is 17.8 Å². The maximum Gasteiger partial charge on any atom is 0.310 e. The highest BCUT2D eigenvalue weighted by Crippen LogP contribution is 2.31. The molecular formula is C18H28N2O4. The summed E-state index contributed by atoms with van der Waals surface area (Å²) in [5, 5.41) is 0. The van der Waals surface area contributed by atoms with Gasteiger partial charge in [0.2, 0.25) is 11.8 Å². The molecule has 2 amide bonds. The quantitative estimate of drug-likeness (QED) is 0.731. The largest absolute Gasteiger partial charge is 0.466 e. The van der Waals surface area contributed by atoms with Crippen LogP contribution in [0.25, 0.3) is 0 Å². The number of likely N-dealkylation sites (tertiary alicyclic amines) is 2. The summed E-state index contributed by atoms with van der Waals surface area (Å²) in [6, 6.07) is 0.337. The number of nitrogens with zero attached hydrogens (tertiary/aromatic N) is 2. The van der Waals surface area contributed by atoms with E-state index in [1.165, 1.54) is 12.8 Å². The van der Waals surface area contributed by atoms with Crippen molar-refractivity contribution < 1.29 is 19.1 Å². The van der Waals surface area contributed by atoms with Gasteiger partial charge in [-0.05, 0) is 32.6 Å². The first-order valence-corrected chi connectivity index (χ1v) is 9.35. The van der Waals surface area contributed by atoms with Crippen molar-refractivity contribution in [1.82, 2.24) is 9.80 Å². The molecule has 0 radical (unpaired) electrons. The second kappa shape index (κ2) is 7.53. The van der Waals surface area contributed by atoms with Gasteiger partial charge in [-0.1, -0.05) is 12.8 Å². The Morgan fingerprint density at radius 1 is 1.08 bits per heavy atom. The van der Waals surface area contributed by atoms with Crippen LogP contribution < -0.4 is 0 Å². The normalized spacial score (nSPS) is 28.5. The molecule has 2 unspecified atom stereocenters. The van der Waals surface area contributed by atoms with Crippen LogP contribution in [0.1, 0.15) is 51.9 Å². The molecular weight excluding hydrogens is 308 g/mol. The van der Waals surface area contributed by atoms with Gasteiger partial charge in [0.25, 0.3) is 0 Å². The highest BCUT2D eigenvalue weighted by Gasteiger charge is 2.41.